The maximum absolute atomic E-state index is 11.6. The molecule has 128 valence electrons. The number of rotatable bonds is 7. The number of hydrogen-bond acceptors (Lipinski definition) is 6. The van der Waals surface area contributed by atoms with Crippen molar-refractivity contribution in [2.45, 2.75) is 31.9 Å². The number of aryl methyl sites for hydroxylation is 1. The Morgan fingerprint density at radius 2 is 2.29 bits per heavy atom. The highest BCUT2D eigenvalue weighted by Gasteiger charge is 2.32. The molecule has 2 rings (SSSR count). The van der Waals surface area contributed by atoms with Gasteiger partial charge in [0.15, 0.2) is 5.17 Å². The monoisotopic (exact) mass is 349 g/mol. The van der Waals surface area contributed by atoms with Gasteiger partial charge in [0.05, 0.1) is 19.2 Å². The zero-order chi connectivity index (χ0) is 17.5. The fourth-order valence-corrected chi connectivity index (χ4v) is 2.92. The lowest BCUT2D eigenvalue weighted by atomic mass is 10.1. The van der Waals surface area contributed by atoms with E-state index in [1.54, 1.807) is 6.21 Å². The van der Waals surface area contributed by atoms with Crippen LogP contribution in [0.3, 0.4) is 0 Å². The largest absolute Gasteiger partial charge is 0.493 e. The van der Waals surface area contributed by atoms with Crippen LogP contribution in [0, 0.1) is 6.92 Å². The van der Waals surface area contributed by atoms with Crippen LogP contribution in [-0.4, -0.2) is 40.2 Å². The molecule has 7 nitrogen and oxygen atoms in total. The van der Waals surface area contributed by atoms with Gasteiger partial charge in [0.1, 0.15) is 11.0 Å². The van der Waals surface area contributed by atoms with Crippen molar-refractivity contribution in [3.63, 3.8) is 0 Å². The number of nitrogens with one attached hydrogen (secondary N) is 1. The lowest BCUT2D eigenvalue weighted by Gasteiger charge is -2.08. The number of carbonyl (C=O) groups excluding carboxylic acids is 1. The van der Waals surface area contributed by atoms with E-state index in [4.69, 9.17) is 9.84 Å². The van der Waals surface area contributed by atoms with Gasteiger partial charge in [-0.1, -0.05) is 30.3 Å². The topological polar surface area (TPSA) is 100 Å². The second kappa shape index (κ2) is 8.49. The Balaban J connectivity index is 2.07. The molecule has 2 N–H and O–H groups in total. The minimum atomic E-state index is -1.02. The highest BCUT2D eigenvalue weighted by atomic mass is 32.2. The molecule has 1 aromatic carbocycles. The van der Waals surface area contributed by atoms with Crippen LogP contribution in [0.2, 0.25) is 0 Å². The molecule has 1 aliphatic rings. The third-order valence-corrected chi connectivity index (χ3v) is 4.18. The molecule has 0 bridgehead atoms. The van der Waals surface area contributed by atoms with Gasteiger partial charge in [-0.25, -0.2) is 0 Å². The molecule has 0 spiro atoms. The Morgan fingerprint density at radius 3 is 3.00 bits per heavy atom. The number of benzene rings is 1. The smallest absolute Gasteiger partial charge is 0.305 e. The standard InChI is InChI=1S/C16H19N3O4S/c1-3-6-23-12-5-4-10(2)7-11(12)9-17-19-16-18-15(22)13(24-16)8-14(20)21/h4-5,7,9,13H,3,6,8H2,1-2H3,(H,20,21)(H,18,19,22). The number of nitrogens with zero attached hydrogens (tertiary/aromatic N) is 2. The maximum Gasteiger partial charge on any atom is 0.305 e. The fraction of sp³-hybridized carbons (Fsp3) is 0.375. The summed E-state index contributed by atoms with van der Waals surface area (Å²) in [6.07, 6.45) is 2.22. The van der Waals surface area contributed by atoms with Gasteiger partial charge >= 0.3 is 5.97 Å². The number of carbonyl (C=O) groups is 2. The number of amides is 1. The van der Waals surface area contributed by atoms with E-state index in [1.165, 1.54) is 0 Å². The summed E-state index contributed by atoms with van der Waals surface area (Å²) in [4.78, 5) is 22.3. The molecule has 1 aromatic rings. The van der Waals surface area contributed by atoms with E-state index in [2.05, 4.69) is 15.5 Å². The Kier molecular flexibility index (Phi) is 6.36. The molecule has 1 atom stereocenters. The van der Waals surface area contributed by atoms with E-state index in [-0.39, 0.29) is 12.3 Å². The molecule has 24 heavy (non-hydrogen) atoms. The van der Waals surface area contributed by atoms with Crippen LogP contribution in [0.4, 0.5) is 0 Å². The third-order valence-electron chi connectivity index (χ3n) is 3.11. The quantitative estimate of drug-likeness (QED) is 0.580. The van der Waals surface area contributed by atoms with Crippen molar-refractivity contribution in [2.24, 2.45) is 10.2 Å². The summed E-state index contributed by atoms with van der Waals surface area (Å²) < 4.78 is 5.66. The Labute approximate surface area is 144 Å². The molecule has 1 unspecified atom stereocenters. The average Bonchev–Trinajstić information content (AvgIpc) is 2.86. The molecule has 0 radical (unpaired) electrons. The zero-order valence-corrected chi connectivity index (χ0v) is 14.3. The minimum Gasteiger partial charge on any atom is -0.493 e. The van der Waals surface area contributed by atoms with Crippen molar-refractivity contribution in [1.29, 1.82) is 0 Å². The van der Waals surface area contributed by atoms with Gasteiger partial charge in [-0.2, -0.15) is 5.10 Å². The van der Waals surface area contributed by atoms with E-state index >= 15 is 0 Å². The van der Waals surface area contributed by atoms with Gasteiger partial charge in [0.2, 0.25) is 5.91 Å². The van der Waals surface area contributed by atoms with E-state index in [0.717, 1.165) is 35.1 Å². The highest BCUT2D eigenvalue weighted by molar-refractivity contribution is 8.15. The summed E-state index contributed by atoms with van der Waals surface area (Å²) in [5.41, 5.74) is 1.86. The first-order chi connectivity index (χ1) is 11.5. The molecule has 0 aromatic heterocycles. The first kappa shape index (κ1) is 18.0. The Hall–Kier alpha value is -2.35. The van der Waals surface area contributed by atoms with Crippen LogP contribution >= 0.6 is 11.8 Å². The van der Waals surface area contributed by atoms with Crippen molar-refractivity contribution in [1.82, 2.24) is 5.32 Å². The number of thioether (sulfide) groups is 1. The highest BCUT2D eigenvalue weighted by Crippen LogP contribution is 2.22. The van der Waals surface area contributed by atoms with Crippen LogP contribution in [-0.2, 0) is 9.59 Å². The predicted molar refractivity (Wildman–Crippen MR) is 93.8 cm³/mol. The number of carboxylic acids is 1. The predicted octanol–water partition coefficient (Wildman–Crippen LogP) is 2.18. The van der Waals surface area contributed by atoms with Crippen molar-refractivity contribution in [3.05, 3.63) is 29.3 Å². The maximum atomic E-state index is 11.6. The first-order valence-electron chi connectivity index (χ1n) is 7.53. The summed E-state index contributed by atoms with van der Waals surface area (Å²) in [7, 11) is 0. The van der Waals surface area contributed by atoms with E-state index < -0.39 is 11.2 Å². The summed E-state index contributed by atoms with van der Waals surface area (Å²) >= 11 is 1.07. The number of amidine groups is 1. The average molecular weight is 349 g/mol. The van der Waals surface area contributed by atoms with Crippen molar-refractivity contribution in [2.75, 3.05) is 6.61 Å². The third kappa shape index (κ3) is 5.09. The van der Waals surface area contributed by atoms with E-state index in [0.29, 0.717) is 11.8 Å². The SMILES string of the molecule is CCCOc1ccc(C)cc1C=NN=C1NC(=O)C(CC(=O)O)S1. The summed E-state index contributed by atoms with van der Waals surface area (Å²) in [5, 5.41) is 18.8. The Morgan fingerprint density at radius 1 is 1.50 bits per heavy atom. The van der Waals surface area contributed by atoms with Crippen LogP contribution in [0.25, 0.3) is 0 Å². The number of carboxylic acid groups (broad SMARTS) is 1. The molecular weight excluding hydrogens is 330 g/mol. The van der Waals surface area contributed by atoms with Crippen LogP contribution in [0.1, 0.15) is 30.9 Å². The second-order valence-corrected chi connectivity index (χ2v) is 6.42. The lowest BCUT2D eigenvalue weighted by Crippen LogP contribution is -2.26. The van der Waals surface area contributed by atoms with Gasteiger partial charge in [-0.15, -0.1) is 5.10 Å². The molecule has 1 heterocycles. The molecule has 8 heteroatoms. The van der Waals surface area contributed by atoms with Crippen LogP contribution < -0.4 is 10.1 Å². The summed E-state index contributed by atoms with van der Waals surface area (Å²) in [6.45, 7) is 4.61. The lowest BCUT2D eigenvalue weighted by molar-refractivity contribution is -0.138. The minimum absolute atomic E-state index is 0.244. The molecule has 0 saturated carbocycles. The van der Waals surface area contributed by atoms with Gasteiger partial charge in [-0.05, 0) is 25.5 Å². The second-order valence-electron chi connectivity index (χ2n) is 5.23. The number of aliphatic carboxylic acids is 1. The van der Waals surface area contributed by atoms with Crippen LogP contribution in [0.5, 0.6) is 5.75 Å². The van der Waals surface area contributed by atoms with Gasteiger partial charge in [0.25, 0.3) is 0 Å². The van der Waals surface area contributed by atoms with Gasteiger partial charge in [0, 0.05) is 5.56 Å². The van der Waals surface area contributed by atoms with Crippen molar-refractivity contribution < 1.29 is 19.4 Å². The summed E-state index contributed by atoms with van der Waals surface area (Å²) in [6, 6.07) is 5.77. The van der Waals surface area contributed by atoms with E-state index in [9.17, 15) is 9.59 Å². The molecule has 1 amide bonds. The number of hydrogen-bond donors (Lipinski definition) is 2. The molecular formula is C16H19N3O4S. The molecule has 1 saturated heterocycles. The van der Waals surface area contributed by atoms with Gasteiger partial charge in [-0.3, -0.25) is 9.59 Å². The van der Waals surface area contributed by atoms with Crippen molar-refractivity contribution in [3.8, 4) is 5.75 Å². The van der Waals surface area contributed by atoms with Crippen LogP contribution in [0.15, 0.2) is 28.4 Å². The fourth-order valence-electron chi connectivity index (χ4n) is 2.00. The first-order valence-corrected chi connectivity index (χ1v) is 8.41. The summed E-state index contributed by atoms with van der Waals surface area (Å²) in [5.74, 6) is -0.665. The zero-order valence-electron chi connectivity index (χ0n) is 13.5. The normalized spacial score (nSPS) is 19.0. The number of ether oxygens (including phenoxy) is 1. The van der Waals surface area contributed by atoms with Crippen molar-refractivity contribution >= 4 is 35.0 Å². The van der Waals surface area contributed by atoms with E-state index in [1.807, 2.05) is 32.0 Å². The molecule has 1 aliphatic heterocycles. The molecule has 1 fully saturated rings. The molecule has 0 aliphatic carbocycles. The Bertz CT molecular complexity index is 688. The van der Waals surface area contributed by atoms with Gasteiger partial charge < -0.3 is 15.2 Å².